The Balaban J connectivity index is 2.19. The van der Waals surface area contributed by atoms with Crippen molar-refractivity contribution >= 4 is 29.1 Å². The number of hydrazine groups is 1. The van der Waals surface area contributed by atoms with Gasteiger partial charge in [0.2, 0.25) is 0 Å². The van der Waals surface area contributed by atoms with Crippen LogP contribution in [0.5, 0.6) is 0 Å². The molecular weight excluding hydrogens is 252 g/mol. The van der Waals surface area contributed by atoms with Crippen LogP contribution < -0.4 is 10.4 Å². The molecule has 1 unspecified atom stereocenters. The molecule has 0 aliphatic carbocycles. The molecule has 18 heavy (non-hydrogen) atoms. The molecule has 0 aromatic heterocycles. The van der Waals surface area contributed by atoms with Crippen LogP contribution in [0.4, 0.5) is 5.69 Å². The second-order valence-corrected chi connectivity index (χ2v) is 5.24. The fourth-order valence-corrected chi connectivity index (χ4v) is 2.10. The van der Waals surface area contributed by atoms with E-state index in [0.29, 0.717) is 23.0 Å². The number of rotatable bonds is 3. The lowest BCUT2D eigenvalue weighted by Gasteiger charge is -2.15. The summed E-state index contributed by atoms with van der Waals surface area (Å²) in [6.45, 7) is 3.98. The Morgan fingerprint density at radius 3 is 2.44 bits per heavy atom. The third-order valence-electron chi connectivity index (χ3n) is 2.85. The van der Waals surface area contributed by atoms with Gasteiger partial charge >= 0.3 is 0 Å². The summed E-state index contributed by atoms with van der Waals surface area (Å²) in [5.74, 6) is -0.713. The van der Waals surface area contributed by atoms with Gasteiger partial charge in [-0.25, -0.2) is 5.01 Å². The van der Waals surface area contributed by atoms with Crippen molar-refractivity contribution in [1.29, 1.82) is 0 Å². The van der Waals surface area contributed by atoms with Crippen LogP contribution in [0.15, 0.2) is 24.3 Å². The van der Waals surface area contributed by atoms with Crippen molar-refractivity contribution in [3.05, 3.63) is 29.3 Å². The van der Waals surface area contributed by atoms with Crippen LogP contribution in [0.2, 0.25) is 5.02 Å². The zero-order chi connectivity index (χ0) is 13.3. The Labute approximate surface area is 111 Å². The molecule has 1 atom stereocenters. The minimum Gasteiger partial charge on any atom is -0.272 e. The maximum Gasteiger partial charge on any atom is 0.258 e. The first-order valence-corrected chi connectivity index (χ1v) is 6.27. The first kappa shape index (κ1) is 12.9. The van der Waals surface area contributed by atoms with Crippen molar-refractivity contribution < 1.29 is 9.59 Å². The number of hydrogen-bond acceptors (Lipinski definition) is 2. The van der Waals surface area contributed by atoms with E-state index in [9.17, 15) is 9.59 Å². The molecule has 96 valence electrons. The summed E-state index contributed by atoms with van der Waals surface area (Å²) in [6.07, 6.45) is 0.564. The van der Waals surface area contributed by atoms with Gasteiger partial charge in [0.15, 0.2) is 0 Å². The number of nitrogens with one attached hydrogen (secondary N) is 1. The number of halogens is 1. The van der Waals surface area contributed by atoms with E-state index in [-0.39, 0.29) is 11.8 Å². The number of hydrogen-bond donors (Lipinski definition) is 1. The monoisotopic (exact) mass is 266 g/mol. The number of nitrogens with zero attached hydrogens (tertiary/aromatic N) is 1. The Bertz CT molecular complexity index is 470. The van der Waals surface area contributed by atoms with E-state index in [1.54, 1.807) is 24.3 Å². The number of benzene rings is 1. The van der Waals surface area contributed by atoms with Crippen LogP contribution >= 0.6 is 11.6 Å². The molecule has 0 radical (unpaired) electrons. The third kappa shape index (κ3) is 2.48. The van der Waals surface area contributed by atoms with Gasteiger partial charge in [0.25, 0.3) is 11.8 Å². The van der Waals surface area contributed by atoms with Gasteiger partial charge in [-0.2, -0.15) is 0 Å². The van der Waals surface area contributed by atoms with Gasteiger partial charge in [0, 0.05) is 5.02 Å². The maximum absolute atomic E-state index is 12.1. The van der Waals surface area contributed by atoms with Crippen molar-refractivity contribution in [2.75, 3.05) is 5.01 Å². The largest absolute Gasteiger partial charge is 0.272 e. The second kappa shape index (κ2) is 4.98. The summed E-state index contributed by atoms with van der Waals surface area (Å²) in [4.78, 5) is 23.9. The smallest absolute Gasteiger partial charge is 0.258 e. The van der Waals surface area contributed by atoms with E-state index in [4.69, 9.17) is 11.6 Å². The molecule has 0 bridgehead atoms. The Morgan fingerprint density at radius 2 is 1.89 bits per heavy atom. The zero-order valence-electron chi connectivity index (χ0n) is 10.3. The summed E-state index contributed by atoms with van der Waals surface area (Å²) in [6, 6.07) is 6.79. The molecule has 1 aliphatic rings. The molecule has 1 saturated heterocycles. The van der Waals surface area contributed by atoms with E-state index in [0.717, 1.165) is 0 Å². The Hall–Kier alpha value is -1.55. The molecule has 2 rings (SSSR count). The molecule has 2 amide bonds. The van der Waals surface area contributed by atoms with Crippen LogP contribution in [-0.4, -0.2) is 11.8 Å². The van der Waals surface area contributed by atoms with Gasteiger partial charge in [-0.15, -0.1) is 0 Å². The lowest BCUT2D eigenvalue weighted by Crippen LogP contribution is -2.35. The predicted molar refractivity (Wildman–Crippen MR) is 70.0 cm³/mol. The first-order chi connectivity index (χ1) is 8.49. The average molecular weight is 267 g/mol. The van der Waals surface area contributed by atoms with Crippen LogP contribution in [0.3, 0.4) is 0 Å². The molecule has 1 fully saturated rings. The lowest BCUT2D eigenvalue weighted by molar-refractivity contribution is -0.128. The summed E-state index contributed by atoms with van der Waals surface area (Å²) in [5, 5.41) is 1.89. The summed E-state index contributed by atoms with van der Waals surface area (Å²) >= 11 is 5.79. The quantitative estimate of drug-likeness (QED) is 0.854. The highest BCUT2D eigenvalue weighted by atomic mass is 35.5. The fraction of sp³-hybridized carbons (Fsp3) is 0.385. The molecule has 1 aromatic rings. The number of carbonyl (C=O) groups is 2. The van der Waals surface area contributed by atoms with Gasteiger partial charge in [-0.05, 0) is 36.6 Å². The van der Waals surface area contributed by atoms with Crippen molar-refractivity contribution in [3.8, 4) is 0 Å². The van der Waals surface area contributed by atoms with Crippen molar-refractivity contribution in [2.24, 2.45) is 11.8 Å². The molecule has 1 N–H and O–H groups in total. The standard InChI is InChI=1S/C13H15ClN2O2/c1-8(2)7-11-12(17)15-16(13(11)18)10-5-3-9(14)4-6-10/h3-6,8,11H,7H2,1-2H3,(H,15,17). The lowest BCUT2D eigenvalue weighted by atomic mass is 9.97. The maximum atomic E-state index is 12.1. The molecule has 1 aliphatic heterocycles. The topological polar surface area (TPSA) is 49.4 Å². The molecule has 0 spiro atoms. The average Bonchev–Trinajstić information content (AvgIpc) is 2.58. The highest BCUT2D eigenvalue weighted by molar-refractivity contribution is 6.30. The first-order valence-electron chi connectivity index (χ1n) is 5.89. The normalized spacial score (nSPS) is 19.6. The predicted octanol–water partition coefficient (Wildman–Crippen LogP) is 2.38. The fourth-order valence-electron chi connectivity index (χ4n) is 1.97. The second-order valence-electron chi connectivity index (χ2n) is 4.81. The van der Waals surface area contributed by atoms with Gasteiger partial charge in [-0.3, -0.25) is 15.0 Å². The summed E-state index contributed by atoms with van der Waals surface area (Å²) < 4.78 is 0. The minimum atomic E-state index is -0.583. The number of carbonyl (C=O) groups excluding carboxylic acids is 2. The van der Waals surface area contributed by atoms with Crippen molar-refractivity contribution in [3.63, 3.8) is 0 Å². The van der Waals surface area contributed by atoms with Crippen molar-refractivity contribution in [1.82, 2.24) is 5.43 Å². The van der Waals surface area contributed by atoms with E-state index in [1.165, 1.54) is 5.01 Å². The van der Waals surface area contributed by atoms with Gasteiger partial charge in [0.1, 0.15) is 5.92 Å². The molecule has 0 saturated carbocycles. The SMILES string of the molecule is CC(C)CC1C(=O)NN(c2ccc(Cl)cc2)C1=O. The third-order valence-corrected chi connectivity index (χ3v) is 3.10. The van der Waals surface area contributed by atoms with Gasteiger partial charge in [0.05, 0.1) is 5.69 Å². The highest BCUT2D eigenvalue weighted by Crippen LogP contribution is 2.25. The number of anilines is 1. The molecular formula is C13H15ClN2O2. The van der Waals surface area contributed by atoms with E-state index in [2.05, 4.69) is 5.43 Å². The van der Waals surface area contributed by atoms with E-state index < -0.39 is 5.92 Å². The molecule has 1 heterocycles. The Kier molecular flexibility index (Phi) is 3.57. The zero-order valence-corrected chi connectivity index (χ0v) is 11.1. The Morgan fingerprint density at radius 1 is 1.28 bits per heavy atom. The van der Waals surface area contributed by atoms with Crippen LogP contribution in [0, 0.1) is 11.8 Å². The summed E-state index contributed by atoms with van der Waals surface area (Å²) in [5.41, 5.74) is 3.23. The van der Waals surface area contributed by atoms with Gasteiger partial charge in [-0.1, -0.05) is 25.4 Å². The van der Waals surface area contributed by atoms with Gasteiger partial charge < -0.3 is 0 Å². The molecule has 4 nitrogen and oxygen atoms in total. The van der Waals surface area contributed by atoms with E-state index >= 15 is 0 Å². The minimum absolute atomic E-state index is 0.198. The molecule has 5 heteroatoms. The highest BCUT2D eigenvalue weighted by Gasteiger charge is 2.39. The van der Waals surface area contributed by atoms with Crippen molar-refractivity contribution in [2.45, 2.75) is 20.3 Å². The van der Waals surface area contributed by atoms with Crippen LogP contribution in [-0.2, 0) is 9.59 Å². The van der Waals surface area contributed by atoms with E-state index in [1.807, 2.05) is 13.8 Å². The van der Waals surface area contributed by atoms with Crippen LogP contribution in [0.1, 0.15) is 20.3 Å². The van der Waals surface area contributed by atoms with Crippen LogP contribution in [0.25, 0.3) is 0 Å². The molecule has 1 aromatic carbocycles. The summed E-state index contributed by atoms with van der Waals surface area (Å²) in [7, 11) is 0. The number of amides is 2.